The summed E-state index contributed by atoms with van der Waals surface area (Å²) in [5, 5.41) is 0. The molecule has 1 aliphatic rings. The molecule has 4 nitrogen and oxygen atoms in total. The molecule has 16 heavy (non-hydrogen) atoms. The first kappa shape index (κ1) is 11.1. The van der Waals surface area contributed by atoms with Crippen LogP contribution in [0.4, 0.5) is 0 Å². The van der Waals surface area contributed by atoms with Crippen molar-refractivity contribution in [2.75, 3.05) is 13.2 Å². The van der Waals surface area contributed by atoms with Crippen molar-refractivity contribution in [2.45, 2.75) is 25.9 Å². The molecule has 1 aromatic heterocycles. The molecule has 1 fully saturated rings. The van der Waals surface area contributed by atoms with Crippen molar-refractivity contribution in [3.63, 3.8) is 0 Å². The number of ether oxygens (including phenoxy) is 2. The predicted octanol–water partition coefficient (Wildman–Crippen LogP) is 1.84. The van der Waals surface area contributed by atoms with E-state index in [9.17, 15) is 4.79 Å². The third-order valence-electron chi connectivity index (χ3n) is 2.53. The van der Waals surface area contributed by atoms with Gasteiger partial charge in [0.2, 0.25) is 0 Å². The quantitative estimate of drug-likeness (QED) is 0.728. The van der Waals surface area contributed by atoms with Crippen molar-refractivity contribution in [2.24, 2.45) is 0 Å². The van der Waals surface area contributed by atoms with Gasteiger partial charge in [-0.2, -0.15) is 0 Å². The fraction of sp³-hybridized carbons (Fsp3) is 0.500. The van der Waals surface area contributed by atoms with Crippen molar-refractivity contribution >= 4 is 5.78 Å². The van der Waals surface area contributed by atoms with E-state index < -0.39 is 0 Å². The standard InChI is InChI=1S/C12H15NO3/c1-2-15-10-6-9(7-13-8-10)12(14)11-4-3-5-16-11/h6-8,11H,2-5H2,1H3. The van der Waals surface area contributed by atoms with Gasteiger partial charge in [-0.05, 0) is 25.8 Å². The van der Waals surface area contributed by atoms with Crippen LogP contribution in [0.2, 0.25) is 0 Å². The predicted molar refractivity (Wildman–Crippen MR) is 58.7 cm³/mol. The van der Waals surface area contributed by atoms with Gasteiger partial charge in [-0.15, -0.1) is 0 Å². The van der Waals surface area contributed by atoms with Crippen LogP contribution in [-0.4, -0.2) is 30.1 Å². The van der Waals surface area contributed by atoms with Gasteiger partial charge in [0.1, 0.15) is 11.9 Å². The van der Waals surface area contributed by atoms with Crippen LogP contribution in [0.5, 0.6) is 5.75 Å². The number of rotatable bonds is 4. The number of carbonyl (C=O) groups excluding carboxylic acids is 1. The number of nitrogens with zero attached hydrogens (tertiary/aromatic N) is 1. The third-order valence-corrected chi connectivity index (χ3v) is 2.53. The van der Waals surface area contributed by atoms with E-state index in [1.54, 1.807) is 18.5 Å². The lowest BCUT2D eigenvalue weighted by molar-refractivity contribution is 0.0642. The smallest absolute Gasteiger partial charge is 0.193 e. The van der Waals surface area contributed by atoms with Crippen LogP contribution in [0.15, 0.2) is 18.5 Å². The van der Waals surface area contributed by atoms with E-state index in [1.165, 1.54) is 0 Å². The number of ketones is 1. The van der Waals surface area contributed by atoms with Crippen molar-refractivity contribution in [3.05, 3.63) is 24.0 Å². The summed E-state index contributed by atoms with van der Waals surface area (Å²) in [6.45, 7) is 3.14. The highest BCUT2D eigenvalue weighted by Crippen LogP contribution is 2.19. The molecule has 4 heteroatoms. The molecule has 0 aromatic carbocycles. The second-order valence-electron chi connectivity index (χ2n) is 3.71. The lowest BCUT2D eigenvalue weighted by Gasteiger charge is -2.09. The van der Waals surface area contributed by atoms with Gasteiger partial charge in [-0.3, -0.25) is 9.78 Å². The summed E-state index contributed by atoms with van der Waals surface area (Å²) in [6.07, 6.45) is 4.63. The number of carbonyl (C=O) groups is 1. The Morgan fingerprint density at radius 1 is 1.62 bits per heavy atom. The summed E-state index contributed by atoms with van der Waals surface area (Å²) in [4.78, 5) is 16.0. The van der Waals surface area contributed by atoms with E-state index in [0.29, 0.717) is 24.5 Å². The molecule has 86 valence electrons. The van der Waals surface area contributed by atoms with Crippen LogP contribution in [0, 0.1) is 0 Å². The van der Waals surface area contributed by atoms with E-state index in [-0.39, 0.29) is 11.9 Å². The number of hydrogen-bond acceptors (Lipinski definition) is 4. The molecular weight excluding hydrogens is 206 g/mol. The Hall–Kier alpha value is -1.42. The van der Waals surface area contributed by atoms with Crippen molar-refractivity contribution in [1.29, 1.82) is 0 Å². The summed E-state index contributed by atoms with van der Waals surface area (Å²) < 4.78 is 10.7. The maximum Gasteiger partial charge on any atom is 0.193 e. The van der Waals surface area contributed by atoms with Gasteiger partial charge >= 0.3 is 0 Å². The Balaban J connectivity index is 2.12. The van der Waals surface area contributed by atoms with Gasteiger partial charge in [0.15, 0.2) is 5.78 Å². The molecule has 0 amide bonds. The number of Topliss-reactive ketones (excluding diaryl/α,β-unsaturated/α-hetero) is 1. The van der Waals surface area contributed by atoms with Gasteiger partial charge < -0.3 is 9.47 Å². The van der Waals surface area contributed by atoms with Gasteiger partial charge in [-0.25, -0.2) is 0 Å². The topological polar surface area (TPSA) is 48.4 Å². The van der Waals surface area contributed by atoms with E-state index in [4.69, 9.17) is 9.47 Å². The summed E-state index contributed by atoms with van der Waals surface area (Å²) in [6, 6.07) is 1.72. The molecule has 1 aliphatic heterocycles. The highest BCUT2D eigenvalue weighted by Gasteiger charge is 2.25. The fourth-order valence-corrected chi connectivity index (χ4v) is 1.77. The van der Waals surface area contributed by atoms with E-state index in [1.807, 2.05) is 6.92 Å². The SMILES string of the molecule is CCOc1cncc(C(=O)C2CCCO2)c1. The van der Waals surface area contributed by atoms with Gasteiger partial charge in [0.05, 0.1) is 12.8 Å². The first-order valence-electron chi connectivity index (χ1n) is 5.55. The Labute approximate surface area is 94.6 Å². The fourth-order valence-electron chi connectivity index (χ4n) is 1.77. The zero-order valence-corrected chi connectivity index (χ0v) is 9.31. The average Bonchev–Trinajstić information content (AvgIpc) is 2.82. The van der Waals surface area contributed by atoms with Gasteiger partial charge in [0, 0.05) is 18.4 Å². The zero-order chi connectivity index (χ0) is 11.4. The van der Waals surface area contributed by atoms with Crippen LogP contribution in [0.25, 0.3) is 0 Å². The Morgan fingerprint density at radius 2 is 2.50 bits per heavy atom. The highest BCUT2D eigenvalue weighted by atomic mass is 16.5. The van der Waals surface area contributed by atoms with Gasteiger partial charge in [0.25, 0.3) is 0 Å². The summed E-state index contributed by atoms with van der Waals surface area (Å²) in [5.74, 6) is 0.637. The lowest BCUT2D eigenvalue weighted by atomic mass is 10.1. The summed E-state index contributed by atoms with van der Waals surface area (Å²) in [5.41, 5.74) is 0.567. The van der Waals surface area contributed by atoms with Crippen LogP contribution in [0.1, 0.15) is 30.1 Å². The maximum absolute atomic E-state index is 12.0. The molecule has 2 rings (SSSR count). The molecular formula is C12H15NO3. The monoisotopic (exact) mass is 221 g/mol. The second-order valence-corrected chi connectivity index (χ2v) is 3.71. The van der Waals surface area contributed by atoms with Crippen LogP contribution in [-0.2, 0) is 4.74 Å². The number of pyridine rings is 1. The molecule has 0 bridgehead atoms. The molecule has 0 saturated carbocycles. The largest absolute Gasteiger partial charge is 0.492 e. The first-order chi connectivity index (χ1) is 7.81. The molecule has 2 heterocycles. The van der Waals surface area contributed by atoms with Crippen molar-refractivity contribution in [3.8, 4) is 5.75 Å². The minimum atomic E-state index is -0.293. The van der Waals surface area contributed by atoms with Crippen LogP contribution >= 0.6 is 0 Å². The highest BCUT2D eigenvalue weighted by molar-refractivity contribution is 5.99. The van der Waals surface area contributed by atoms with Crippen LogP contribution in [0.3, 0.4) is 0 Å². The third kappa shape index (κ3) is 2.39. The van der Waals surface area contributed by atoms with E-state index in [0.717, 1.165) is 12.8 Å². The second kappa shape index (κ2) is 5.07. The normalized spacial score (nSPS) is 19.7. The Morgan fingerprint density at radius 3 is 3.19 bits per heavy atom. The summed E-state index contributed by atoms with van der Waals surface area (Å²) >= 11 is 0. The maximum atomic E-state index is 12.0. The Kier molecular flexibility index (Phi) is 3.51. The van der Waals surface area contributed by atoms with Crippen molar-refractivity contribution < 1.29 is 14.3 Å². The number of aromatic nitrogens is 1. The molecule has 1 aromatic rings. The van der Waals surface area contributed by atoms with E-state index >= 15 is 0 Å². The molecule has 0 spiro atoms. The molecule has 0 radical (unpaired) electrons. The molecule has 0 aliphatic carbocycles. The van der Waals surface area contributed by atoms with Gasteiger partial charge in [-0.1, -0.05) is 0 Å². The lowest BCUT2D eigenvalue weighted by Crippen LogP contribution is -2.19. The van der Waals surface area contributed by atoms with Crippen LogP contribution < -0.4 is 4.74 Å². The Bertz CT molecular complexity index is 372. The zero-order valence-electron chi connectivity index (χ0n) is 9.31. The first-order valence-corrected chi connectivity index (χ1v) is 5.55. The minimum absolute atomic E-state index is 0.00607. The molecule has 1 atom stereocenters. The molecule has 1 unspecified atom stereocenters. The van der Waals surface area contributed by atoms with E-state index in [2.05, 4.69) is 4.98 Å². The molecule has 0 N–H and O–H groups in total. The average molecular weight is 221 g/mol. The van der Waals surface area contributed by atoms with Crippen molar-refractivity contribution in [1.82, 2.24) is 4.98 Å². The number of hydrogen-bond donors (Lipinski definition) is 0. The minimum Gasteiger partial charge on any atom is -0.492 e. The summed E-state index contributed by atoms with van der Waals surface area (Å²) in [7, 11) is 0. The molecule has 1 saturated heterocycles.